The number of halogens is 1. The number of aromatic nitrogens is 4. The van der Waals surface area contributed by atoms with Crippen LogP contribution in [0.2, 0.25) is 0 Å². The molecular formula is C14H19ClN4O2. The molecule has 2 aromatic rings. The van der Waals surface area contributed by atoms with Crippen molar-refractivity contribution in [3.63, 3.8) is 0 Å². The van der Waals surface area contributed by atoms with Gasteiger partial charge in [-0.3, -0.25) is 0 Å². The number of imidazole rings is 1. The lowest BCUT2D eigenvalue weighted by molar-refractivity contribution is 0.00996. The highest BCUT2D eigenvalue weighted by Gasteiger charge is 2.34. The van der Waals surface area contributed by atoms with Crippen molar-refractivity contribution in [1.29, 1.82) is 0 Å². The Hall–Kier alpha value is -1.40. The third-order valence-electron chi connectivity index (χ3n) is 3.95. The van der Waals surface area contributed by atoms with Gasteiger partial charge in [-0.05, 0) is 19.8 Å². The monoisotopic (exact) mass is 310 g/mol. The SMILES string of the molecule is COc1ncnc2c1nc(CCCl)n2C1(C)CCCOC1. The maximum absolute atomic E-state index is 5.94. The summed E-state index contributed by atoms with van der Waals surface area (Å²) in [5, 5.41) is 0. The van der Waals surface area contributed by atoms with Gasteiger partial charge >= 0.3 is 0 Å². The van der Waals surface area contributed by atoms with Crippen LogP contribution in [0, 0.1) is 0 Å². The van der Waals surface area contributed by atoms with Crippen molar-refractivity contribution < 1.29 is 9.47 Å². The molecule has 0 spiro atoms. The van der Waals surface area contributed by atoms with E-state index in [4.69, 9.17) is 21.1 Å². The maximum atomic E-state index is 5.94. The summed E-state index contributed by atoms with van der Waals surface area (Å²) in [6, 6.07) is 0. The number of hydrogen-bond acceptors (Lipinski definition) is 5. The van der Waals surface area contributed by atoms with Gasteiger partial charge in [0.1, 0.15) is 12.2 Å². The first-order valence-corrected chi connectivity index (χ1v) is 7.63. The van der Waals surface area contributed by atoms with E-state index in [0.717, 1.165) is 30.9 Å². The van der Waals surface area contributed by atoms with E-state index in [2.05, 4.69) is 26.4 Å². The van der Waals surface area contributed by atoms with Gasteiger partial charge in [-0.15, -0.1) is 11.6 Å². The molecule has 1 unspecified atom stereocenters. The van der Waals surface area contributed by atoms with Crippen molar-refractivity contribution in [2.24, 2.45) is 0 Å². The van der Waals surface area contributed by atoms with Gasteiger partial charge in [-0.25, -0.2) is 9.97 Å². The van der Waals surface area contributed by atoms with Gasteiger partial charge in [0.25, 0.3) is 0 Å². The zero-order chi connectivity index (χ0) is 14.9. The Kier molecular flexibility index (Phi) is 3.99. The average molecular weight is 311 g/mol. The van der Waals surface area contributed by atoms with E-state index < -0.39 is 0 Å². The summed E-state index contributed by atoms with van der Waals surface area (Å²) < 4.78 is 13.2. The summed E-state index contributed by atoms with van der Waals surface area (Å²) in [6.07, 6.45) is 4.24. The summed E-state index contributed by atoms with van der Waals surface area (Å²) >= 11 is 5.94. The fourth-order valence-corrected chi connectivity index (χ4v) is 3.15. The number of nitrogens with zero attached hydrogens (tertiary/aromatic N) is 4. The van der Waals surface area contributed by atoms with Crippen LogP contribution in [-0.2, 0) is 16.7 Å². The normalized spacial score (nSPS) is 22.6. The standard InChI is InChI=1S/C14H19ClN4O2/c1-14(5-3-7-21-8-14)19-10(4-6-15)18-11-12(19)16-9-17-13(11)20-2/h9H,3-8H2,1-2H3. The summed E-state index contributed by atoms with van der Waals surface area (Å²) in [6.45, 7) is 3.64. The van der Waals surface area contributed by atoms with Crippen LogP contribution in [0.25, 0.3) is 11.2 Å². The molecule has 3 rings (SSSR count). The van der Waals surface area contributed by atoms with E-state index in [9.17, 15) is 0 Å². The molecule has 3 heterocycles. The quantitative estimate of drug-likeness (QED) is 0.810. The van der Waals surface area contributed by atoms with Gasteiger partial charge in [0.05, 0.1) is 19.3 Å². The van der Waals surface area contributed by atoms with Crippen LogP contribution >= 0.6 is 11.6 Å². The lowest BCUT2D eigenvalue weighted by atomic mass is 9.94. The lowest BCUT2D eigenvalue weighted by Gasteiger charge is -2.36. The Morgan fingerprint density at radius 3 is 3.00 bits per heavy atom. The van der Waals surface area contributed by atoms with Crippen molar-refractivity contribution in [1.82, 2.24) is 19.5 Å². The smallest absolute Gasteiger partial charge is 0.245 e. The Balaban J connectivity index is 2.20. The minimum Gasteiger partial charge on any atom is -0.479 e. The summed E-state index contributed by atoms with van der Waals surface area (Å²) in [5.74, 6) is 1.91. The zero-order valence-corrected chi connectivity index (χ0v) is 13.1. The Labute approximate surface area is 128 Å². The first kappa shape index (κ1) is 14.5. The molecule has 1 fully saturated rings. The van der Waals surface area contributed by atoms with Crippen LogP contribution in [0.5, 0.6) is 5.88 Å². The molecule has 0 aliphatic carbocycles. The summed E-state index contributed by atoms with van der Waals surface area (Å²) in [5.41, 5.74) is 1.31. The molecule has 1 aliphatic rings. The third kappa shape index (κ3) is 2.46. The molecule has 1 saturated heterocycles. The topological polar surface area (TPSA) is 62.1 Å². The molecular weight excluding hydrogens is 292 g/mol. The molecule has 1 aliphatic heterocycles. The van der Waals surface area contributed by atoms with E-state index in [1.165, 1.54) is 6.33 Å². The van der Waals surface area contributed by atoms with Crippen LogP contribution in [-0.4, -0.2) is 45.7 Å². The predicted molar refractivity (Wildman–Crippen MR) is 80.0 cm³/mol. The Morgan fingerprint density at radius 2 is 2.33 bits per heavy atom. The van der Waals surface area contributed by atoms with Crippen LogP contribution < -0.4 is 4.74 Å². The molecule has 7 heteroatoms. The largest absolute Gasteiger partial charge is 0.479 e. The fraction of sp³-hybridized carbons (Fsp3) is 0.643. The highest BCUT2D eigenvalue weighted by Crippen LogP contribution is 2.33. The minimum atomic E-state index is -0.159. The van der Waals surface area contributed by atoms with E-state index in [1.54, 1.807) is 7.11 Å². The number of fused-ring (bicyclic) bond motifs is 1. The number of rotatable bonds is 4. The van der Waals surface area contributed by atoms with E-state index in [-0.39, 0.29) is 5.54 Å². The molecule has 114 valence electrons. The third-order valence-corrected chi connectivity index (χ3v) is 4.14. The van der Waals surface area contributed by atoms with Gasteiger partial charge in [-0.1, -0.05) is 0 Å². The number of hydrogen-bond donors (Lipinski definition) is 0. The number of aryl methyl sites for hydroxylation is 1. The summed E-state index contributed by atoms with van der Waals surface area (Å²) in [4.78, 5) is 13.2. The average Bonchev–Trinajstić information content (AvgIpc) is 2.87. The van der Waals surface area contributed by atoms with Gasteiger partial charge in [0, 0.05) is 18.9 Å². The molecule has 0 bridgehead atoms. The second-order valence-corrected chi connectivity index (χ2v) is 5.89. The van der Waals surface area contributed by atoms with Crippen LogP contribution in [0.4, 0.5) is 0 Å². The van der Waals surface area contributed by atoms with E-state index >= 15 is 0 Å². The highest BCUT2D eigenvalue weighted by molar-refractivity contribution is 6.17. The first-order chi connectivity index (χ1) is 10.2. The molecule has 21 heavy (non-hydrogen) atoms. The second kappa shape index (κ2) is 5.77. The van der Waals surface area contributed by atoms with Crippen molar-refractivity contribution in [2.45, 2.75) is 31.7 Å². The molecule has 0 N–H and O–H groups in total. The van der Waals surface area contributed by atoms with Crippen molar-refractivity contribution in [3.05, 3.63) is 12.2 Å². The molecule has 2 aromatic heterocycles. The first-order valence-electron chi connectivity index (χ1n) is 7.10. The Morgan fingerprint density at radius 1 is 1.48 bits per heavy atom. The predicted octanol–water partition coefficient (Wildman–Crippen LogP) is 2.14. The maximum Gasteiger partial charge on any atom is 0.245 e. The van der Waals surface area contributed by atoms with Gasteiger partial charge < -0.3 is 14.0 Å². The Bertz CT molecular complexity index is 637. The van der Waals surface area contributed by atoms with Gasteiger partial charge in [0.2, 0.25) is 5.88 Å². The minimum absolute atomic E-state index is 0.159. The van der Waals surface area contributed by atoms with E-state index in [0.29, 0.717) is 30.3 Å². The van der Waals surface area contributed by atoms with Crippen molar-refractivity contribution in [3.8, 4) is 5.88 Å². The molecule has 1 atom stereocenters. The number of ether oxygens (including phenoxy) is 2. The summed E-state index contributed by atoms with van der Waals surface area (Å²) in [7, 11) is 1.59. The highest BCUT2D eigenvalue weighted by atomic mass is 35.5. The lowest BCUT2D eigenvalue weighted by Crippen LogP contribution is -2.40. The molecule has 0 radical (unpaired) electrons. The molecule has 0 aromatic carbocycles. The van der Waals surface area contributed by atoms with Crippen molar-refractivity contribution >= 4 is 22.8 Å². The molecule has 6 nitrogen and oxygen atoms in total. The van der Waals surface area contributed by atoms with Crippen LogP contribution in [0.15, 0.2) is 6.33 Å². The molecule has 0 amide bonds. The van der Waals surface area contributed by atoms with E-state index in [1.807, 2.05) is 0 Å². The van der Waals surface area contributed by atoms with Crippen molar-refractivity contribution in [2.75, 3.05) is 26.2 Å². The molecule has 0 saturated carbocycles. The van der Waals surface area contributed by atoms with Gasteiger partial charge in [0.15, 0.2) is 11.2 Å². The number of alkyl halides is 1. The second-order valence-electron chi connectivity index (χ2n) is 5.51. The fourth-order valence-electron chi connectivity index (χ4n) is 2.98. The van der Waals surface area contributed by atoms with Gasteiger partial charge in [-0.2, -0.15) is 4.98 Å². The number of methoxy groups -OCH3 is 1. The zero-order valence-electron chi connectivity index (χ0n) is 12.3. The van der Waals surface area contributed by atoms with Crippen LogP contribution in [0.3, 0.4) is 0 Å². The van der Waals surface area contributed by atoms with Crippen LogP contribution in [0.1, 0.15) is 25.6 Å².